The molecule has 82 valence electrons. The maximum Gasteiger partial charge on any atom is 0.290 e. The predicted octanol–water partition coefficient (Wildman–Crippen LogP) is 0.713. The Hall–Kier alpha value is -1.83. The molecule has 0 atom stereocenters. The van der Waals surface area contributed by atoms with Crippen LogP contribution in [-0.2, 0) is 6.61 Å². The second kappa shape index (κ2) is 4.13. The van der Waals surface area contributed by atoms with E-state index in [1.807, 2.05) is 4.98 Å². The van der Waals surface area contributed by atoms with Crippen molar-refractivity contribution in [1.82, 2.24) is 4.98 Å². The van der Waals surface area contributed by atoms with Gasteiger partial charge in [-0.05, 0) is 0 Å². The van der Waals surface area contributed by atoms with Crippen LogP contribution >= 0.6 is 0 Å². The minimum absolute atomic E-state index is 0.352. The highest BCUT2D eigenvalue weighted by atomic mass is 19.3. The quantitative estimate of drug-likeness (QED) is 0.579. The van der Waals surface area contributed by atoms with Gasteiger partial charge in [-0.2, -0.15) is 0 Å². The lowest BCUT2D eigenvalue weighted by Gasteiger charge is -2.03. The van der Waals surface area contributed by atoms with Crippen LogP contribution in [0.2, 0.25) is 0 Å². The number of hydrogen-bond acceptors (Lipinski definition) is 4. The molecule has 1 aromatic rings. The third-order valence-corrected chi connectivity index (χ3v) is 1.75. The highest BCUT2D eigenvalue weighted by Gasteiger charge is 2.28. The number of nitro groups is 1. The fourth-order valence-electron chi connectivity index (χ4n) is 1.12. The molecule has 0 saturated carbocycles. The molecule has 2 N–H and O–H groups in total. The maximum atomic E-state index is 12.4. The molecule has 0 radical (unpaired) electrons. The maximum absolute atomic E-state index is 12.4. The molecule has 1 aromatic heterocycles. The summed E-state index contributed by atoms with van der Waals surface area (Å²) < 4.78 is 24.7. The van der Waals surface area contributed by atoms with Crippen LogP contribution in [0, 0.1) is 10.1 Å². The molecule has 0 bridgehead atoms. The molecule has 0 amide bonds. The monoisotopic (exact) mass is 220 g/mol. The van der Waals surface area contributed by atoms with Gasteiger partial charge in [0.05, 0.1) is 17.1 Å². The van der Waals surface area contributed by atoms with E-state index in [1.54, 1.807) is 0 Å². The van der Waals surface area contributed by atoms with Gasteiger partial charge < -0.3 is 10.1 Å². The highest BCUT2D eigenvalue weighted by molar-refractivity contribution is 5.45. The predicted molar refractivity (Wildman–Crippen MR) is 44.6 cm³/mol. The number of nitrogens with one attached hydrogen (secondary N) is 1. The van der Waals surface area contributed by atoms with Crippen molar-refractivity contribution in [3.63, 3.8) is 0 Å². The summed E-state index contributed by atoms with van der Waals surface area (Å²) in [5, 5.41) is 19.2. The fraction of sp³-hybridized carbons (Fsp3) is 0.286. The van der Waals surface area contributed by atoms with E-state index < -0.39 is 34.8 Å². The van der Waals surface area contributed by atoms with Crippen LogP contribution < -0.4 is 5.56 Å². The number of aliphatic hydroxyl groups excluding tert-OH is 1. The Labute approximate surface area is 81.3 Å². The molecule has 0 aliphatic rings. The minimum Gasteiger partial charge on any atom is -0.391 e. The SMILES string of the molecule is O=c1[nH]cc(CO)c([N+](=O)[O-])c1C(F)F. The van der Waals surface area contributed by atoms with Crippen molar-refractivity contribution in [2.24, 2.45) is 0 Å². The normalized spacial score (nSPS) is 10.7. The van der Waals surface area contributed by atoms with E-state index in [1.165, 1.54) is 0 Å². The number of pyridine rings is 1. The summed E-state index contributed by atoms with van der Waals surface area (Å²) in [6.45, 7) is -0.799. The van der Waals surface area contributed by atoms with Crippen molar-refractivity contribution in [2.75, 3.05) is 0 Å². The largest absolute Gasteiger partial charge is 0.391 e. The van der Waals surface area contributed by atoms with Crippen molar-refractivity contribution in [1.29, 1.82) is 0 Å². The van der Waals surface area contributed by atoms with E-state index in [0.29, 0.717) is 0 Å². The zero-order valence-corrected chi connectivity index (χ0v) is 7.24. The van der Waals surface area contributed by atoms with Gasteiger partial charge in [0, 0.05) is 6.20 Å². The Kier molecular flexibility index (Phi) is 3.10. The Morgan fingerprint density at radius 3 is 2.60 bits per heavy atom. The molecule has 0 aliphatic heterocycles. The smallest absolute Gasteiger partial charge is 0.290 e. The van der Waals surface area contributed by atoms with E-state index >= 15 is 0 Å². The lowest BCUT2D eigenvalue weighted by atomic mass is 10.1. The van der Waals surface area contributed by atoms with Crippen molar-refractivity contribution in [2.45, 2.75) is 13.0 Å². The molecule has 1 heterocycles. The summed E-state index contributed by atoms with van der Waals surface area (Å²) >= 11 is 0. The standard InChI is InChI=1S/C7H6F2N2O4/c8-6(9)4-5(11(14)15)3(2-12)1-10-7(4)13/h1,6,12H,2H2,(H,10,13). The number of hydrogen-bond donors (Lipinski definition) is 2. The number of aromatic nitrogens is 1. The van der Waals surface area contributed by atoms with Crippen LogP contribution in [0.25, 0.3) is 0 Å². The first-order valence-electron chi connectivity index (χ1n) is 3.77. The van der Waals surface area contributed by atoms with Gasteiger partial charge in [0.15, 0.2) is 5.56 Å². The zero-order chi connectivity index (χ0) is 11.6. The lowest BCUT2D eigenvalue weighted by Crippen LogP contribution is -2.17. The average Bonchev–Trinajstić information content (AvgIpc) is 2.16. The first-order valence-corrected chi connectivity index (χ1v) is 3.77. The van der Waals surface area contributed by atoms with Gasteiger partial charge in [-0.25, -0.2) is 8.78 Å². The van der Waals surface area contributed by atoms with Gasteiger partial charge in [0.2, 0.25) is 0 Å². The van der Waals surface area contributed by atoms with E-state index in [9.17, 15) is 23.7 Å². The summed E-state index contributed by atoms with van der Waals surface area (Å²) in [7, 11) is 0. The molecule has 1 rings (SSSR count). The van der Waals surface area contributed by atoms with Crippen LogP contribution in [0.4, 0.5) is 14.5 Å². The topological polar surface area (TPSA) is 96.2 Å². The second-order valence-electron chi connectivity index (χ2n) is 2.62. The summed E-state index contributed by atoms with van der Waals surface area (Å²) in [4.78, 5) is 22.2. The van der Waals surface area contributed by atoms with E-state index in [-0.39, 0.29) is 5.56 Å². The van der Waals surface area contributed by atoms with Crippen molar-refractivity contribution in [3.8, 4) is 0 Å². The second-order valence-corrected chi connectivity index (χ2v) is 2.62. The van der Waals surface area contributed by atoms with Crippen molar-refractivity contribution in [3.05, 3.63) is 37.8 Å². The average molecular weight is 220 g/mol. The van der Waals surface area contributed by atoms with Crippen LogP contribution in [0.1, 0.15) is 17.6 Å². The molecule has 0 saturated heterocycles. The van der Waals surface area contributed by atoms with Crippen LogP contribution in [-0.4, -0.2) is 15.0 Å². The van der Waals surface area contributed by atoms with E-state index in [4.69, 9.17) is 5.11 Å². The third kappa shape index (κ3) is 1.99. The van der Waals surface area contributed by atoms with E-state index in [0.717, 1.165) is 6.20 Å². The molecule has 0 unspecified atom stereocenters. The Morgan fingerprint density at radius 2 is 2.20 bits per heavy atom. The lowest BCUT2D eigenvalue weighted by molar-refractivity contribution is -0.387. The van der Waals surface area contributed by atoms with Gasteiger partial charge in [-0.1, -0.05) is 0 Å². The number of aromatic amines is 1. The molecular formula is C7H6F2N2O4. The molecule has 0 fully saturated rings. The molecular weight excluding hydrogens is 214 g/mol. The molecule has 0 aromatic carbocycles. The zero-order valence-electron chi connectivity index (χ0n) is 7.24. The number of nitrogens with zero attached hydrogens (tertiary/aromatic N) is 1. The van der Waals surface area contributed by atoms with Gasteiger partial charge in [-0.3, -0.25) is 14.9 Å². The molecule has 0 aliphatic carbocycles. The van der Waals surface area contributed by atoms with Crippen molar-refractivity contribution < 1.29 is 18.8 Å². The van der Waals surface area contributed by atoms with Gasteiger partial charge >= 0.3 is 0 Å². The fourth-order valence-corrected chi connectivity index (χ4v) is 1.12. The summed E-state index contributed by atoms with van der Waals surface area (Å²) in [5.74, 6) is 0. The van der Waals surface area contributed by atoms with E-state index in [2.05, 4.69) is 0 Å². The molecule has 15 heavy (non-hydrogen) atoms. The minimum atomic E-state index is -3.26. The first-order chi connectivity index (χ1) is 6.99. The summed E-state index contributed by atoms with van der Waals surface area (Å²) in [6.07, 6.45) is -2.42. The number of halogens is 2. The van der Waals surface area contributed by atoms with Gasteiger partial charge in [0.1, 0.15) is 0 Å². The van der Waals surface area contributed by atoms with Gasteiger partial charge in [-0.15, -0.1) is 0 Å². The number of rotatable bonds is 3. The van der Waals surface area contributed by atoms with Crippen LogP contribution in [0.5, 0.6) is 0 Å². The number of alkyl halides is 2. The van der Waals surface area contributed by atoms with Crippen molar-refractivity contribution >= 4 is 5.69 Å². The van der Waals surface area contributed by atoms with Gasteiger partial charge in [0.25, 0.3) is 17.7 Å². The molecule has 0 spiro atoms. The molecule has 6 nitrogen and oxygen atoms in total. The van der Waals surface area contributed by atoms with Crippen LogP contribution in [0.15, 0.2) is 11.0 Å². The Balaban J connectivity index is 3.58. The summed E-state index contributed by atoms with van der Waals surface area (Å²) in [5.41, 5.74) is -3.84. The number of aliphatic hydroxyl groups is 1. The van der Waals surface area contributed by atoms with Crippen LogP contribution in [0.3, 0.4) is 0 Å². The summed E-state index contributed by atoms with van der Waals surface area (Å²) in [6, 6.07) is 0. The first kappa shape index (κ1) is 11.2. The Morgan fingerprint density at radius 1 is 1.60 bits per heavy atom. The molecule has 8 heteroatoms. The third-order valence-electron chi connectivity index (χ3n) is 1.75. The Bertz CT molecular complexity index is 443. The highest BCUT2D eigenvalue weighted by Crippen LogP contribution is 2.28. The number of H-pyrrole nitrogens is 1.